The van der Waals surface area contributed by atoms with Gasteiger partial charge in [0.2, 0.25) is 0 Å². The number of benzene rings is 2. The van der Waals surface area contributed by atoms with Gasteiger partial charge in [-0.1, -0.05) is 53.2 Å². The van der Waals surface area contributed by atoms with Gasteiger partial charge in [0.15, 0.2) is 5.72 Å². The molecule has 0 saturated heterocycles. The minimum absolute atomic E-state index is 0.0000479. The highest BCUT2D eigenvalue weighted by molar-refractivity contribution is 8.15. The van der Waals surface area contributed by atoms with E-state index >= 15 is 0 Å². The zero-order valence-electron chi connectivity index (χ0n) is 10.9. The van der Waals surface area contributed by atoms with Crippen LogP contribution in [0.5, 0.6) is 0 Å². The maximum atomic E-state index is 11.0. The summed E-state index contributed by atoms with van der Waals surface area (Å²) in [6.45, 7) is 0. The van der Waals surface area contributed by atoms with Crippen molar-refractivity contribution in [3.63, 3.8) is 0 Å². The molecule has 2 aliphatic rings. The minimum Gasteiger partial charge on any atom is -0.365 e. The third kappa shape index (κ3) is 2.11. The molecule has 0 fully saturated rings. The van der Waals surface area contributed by atoms with E-state index in [9.17, 15) is 5.11 Å². The van der Waals surface area contributed by atoms with E-state index in [-0.39, 0.29) is 5.25 Å². The monoisotopic (exact) mass is 335 g/mol. The molecule has 106 valence electrons. The molecule has 1 N–H and O–H groups in total. The van der Waals surface area contributed by atoms with Crippen molar-refractivity contribution in [1.29, 1.82) is 0 Å². The fraction of sp³-hybridized carbons (Fsp3) is 0.188. The van der Waals surface area contributed by atoms with Gasteiger partial charge in [0.1, 0.15) is 5.04 Å². The predicted molar refractivity (Wildman–Crippen MR) is 88.4 cm³/mol. The molecule has 0 radical (unpaired) electrons. The number of hydrogen-bond donors (Lipinski definition) is 1. The van der Waals surface area contributed by atoms with Crippen molar-refractivity contribution < 1.29 is 5.11 Å². The van der Waals surface area contributed by atoms with Gasteiger partial charge in [0, 0.05) is 21.2 Å². The van der Waals surface area contributed by atoms with E-state index in [1.165, 1.54) is 0 Å². The fourth-order valence-corrected chi connectivity index (χ4v) is 4.65. The molecule has 5 heteroatoms. The molecule has 21 heavy (non-hydrogen) atoms. The van der Waals surface area contributed by atoms with Crippen LogP contribution < -0.4 is 0 Å². The topological polar surface area (TPSA) is 32.6 Å². The molecule has 4 rings (SSSR count). The first-order valence-electron chi connectivity index (χ1n) is 6.60. The second kappa shape index (κ2) is 4.75. The molecule has 0 amide bonds. The van der Waals surface area contributed by atoms with Crippen LogP contribution in [0.2, 0.25) is 10.0 Å². The Hall–Kier alpha value is -1.00. The number of fused-ring (bicyclic) bond motifs is 3. The van der Waals surface area contributed by atoms with Crippen molar-refractivity contribution in [2.45, 2.75) is 17.4 Å². The van der Waals surface area contributed by atoms with Gasteiger partial charge in [-0.2, -0.15) is 0 Å². The summed E-state index contributed by atoms with van der Waals surface area (Å²) in [5.74, 6) is 0. The van der Waals surface area contributed by atoms with Gasteiger partial charge in [0.25, 0.3) is 0 Å². The smallest absolute Gasteiger partial charge is 0.196 e. The third-order valence-corrected chi connectivity index (χ3v) is 5.72. The zero-order chi connectivity index (χ0) is 14.6. The van der Waals surface area contributed by atoms with Crippen LogP contribution in [-0.4, -0.2) is 15.4 Å². The first-order chi connectivity index (χ1) is 10.1. The number of aliphatic hydroxyl groups is 1. The van der Waals surface area contributed by atoms with Crippen molar-refractivity contribution >= 4 is 40.0 Å². The lowest BCUT2D eigenvalue weighted by Crippen LogP contribution is -2.27. The van der Waals surface area contributed by atoms with Crippen LogP contribution in [0, 0.1) is 0 Å². The summed E-state index contributed by atoms with van der Waals surface area (Å²) in [5.41, 5.74) is 1.74. The normalized spacial score (nSPS) is 26.4. The Morgan fingerprint density at radius 3 is 2.76 bits per heavy atom. The van der Waals surface area contributed by atoms with Crippen LogP contribution in [0.4, 0.5) is 0 Å². The molecule has 0 bridgehead atoms. The lowest BCUT2D eigenvalue weighted by atomic mass is 10.1. The van der Waals surface area contributed by atoms with Crippen molar-refractivity contribution in [2.24, 2.45) is 4.99 Å². The number of nitrogens with zero attached hydrogens (tertiary/aromatic N) is 1. The maximum Gasteiger partial charge on any atom is 0.196 e. The Balaban J connectivity index is 1.79. The summed E-state index contributed by atoms with van der Waals surface area (Å²) < 4.78 is 0. The average Bonchev–Trinajstić information content (AvgIpc) is 2.89. The highest BCUT2D eigenvalue weighted by atomic mass is 35.5. The fourth-order valence-electron chi connectivity index (χ4n) is 2.93. The highest BCUT2D eigenvalue weighted by Crippen LogP contribution is 2.50. The van der Waals surface area contributed by atoms with Crippen LogP contribution in [0.25, 0.3) is 0 Å². The van der Waals surface area contributed by atoms with Gasteiger partial charge < -0.3 is 5.11 Å². The van der Waals surface area contributed by atoms with Gasteiger partial charge in [-0.25, -0.2) is 4.99 Å². The average molecular weight is 336 g/mol. The molecule has 2 aromatic carbocycles. The van der Waals surface area contributed by atoms with Crippen molar-refractivity contribution in [3.8, 4) is 0 Å². The lowest BCUT2D eigenvalue weighted by molar-refractivity contribution is 0.0581. The van der Waals surface area contributed by atoms with Crippen LogP contribution >= 0.6 is 35.0 Å². The van der Waals surface area contributed by atoms with Gasteiger partial charge in [-0.05, 0) is 36.2 Å². The van der Waals surface area contributed by atoms with Gasteiger partial charge in [-0.3, -0.25) is 0 Å². The third-order valence-electron chi connectivity index (χ3n) is 3.92. The molecular formula is C16H11Cl2NOS. The van der Waals surface area contributed by atoms with Crippen LogP contribution in [0.1, 0.15) is 16.7 Å². The Morgan fingerprint density at radius 2 is 1.95 bits per heavy atom. The molecule has 0 aromatic heterocycles. The zero-order valence-corrected chi connectivity index (χ0v) is 13.2. The molecular weight excluding hydrogens is 325 g/mol. The van der Waals surface area contributed by atoms with Crippen LogP contribution in [0.15, 0.2) is 47.5 Å². The number of rotatable bonds is 1. The van der Waals surface area contributed by atoms with Gasteiger partial charge in [0.05, 0.1) is 5.25 Å². The number of aliphatic imine (C=N–C) groups is 1. The van der Waals surface area contributed by atoms with E-state index in [4.69, 9.17) is 23.2 Å². The van der Waals surface area contributed by atoms with E-state index in [1.807, 2.05) is 36.4 Å². The Morgan fingerprint density at radius 1 is 1.14 bits per heavy atom. The standard InChI is InChI=1S/C16H11Cl2NOS/c17-11-3-1-2-9(6-11)15-19-16(20)13-5-4-12(18)7-10(13)8-14(16)21-15/h1-7,14,20H,8H2. The lowest BCUT2D eigenvalue weighted by Gasteiger charge is -2.19. The second-order valence-electron chi connectivity index (χ2n) is 5.27. The summed E-state index contributed by atoms with van der Waals surface area (Å²) in [5, 5.41) is 13.2. The molecule has 0 spiro atoms. The predicted octanol–water partition coefficient (Wildman–Crippen LogP) is 4.26. The molecule has 2 nitrogen and oxygen atoms in total. The quantitative estimate of drug-likeness (QED) is 0.844. The molecule has 1 aliphatic heterocycles. The number of hydrogen-bond acceptors (Lipinski definition) is 3. The van der Waals surface area contributed by atoms with Crippen LogP contribution in [0.3, 0.4) is 0 Å². The minimum atomic E-state index is -1.15. The summed E-state index contributed by atoms with van der Waals surface area (Å²) in [4.78, 5) is 4.60. The summed E-state index contributed by atoms with van der Waals surface area (Å²) >= 11 is 13.7. The first-order valence-corrected chi connectivity index (χ1v) is 8.23. The number of halogens is 2. The first kappa shape index (κ1) is 13.6. The molecule has 0 saturated carbocycles. The Bertz CT molecular complexity index is 777. The summed E-state index contributed by atoms with van der Waals surface area (Å²) in [6, 6.07) is 13.2. The van der Waals surface area contributed by atoms with E-state index in [1.54, 1.807) is 17.8 Å². The van der Waals surface area contributed by atoms with E-state index in [0.29, 0.717) is 10.0 Å². The van der Waals surface area contributed by atoms with Crippen molar-refractivity contribution in [2.75, 3.05) is 0 Å². The molecule has 1 aliphatic carbocycles. The van der Waals surface area contributed by atoms with Crippen molar-refractivity contribution in [3.05, 3.63) is 69.2 Å². The van der Waals surface area contributed by atoms with E-state index in [2.05, 4.69) is 4.99 Å². The molecule has 2 aromatic rings. The van der Waals surface area contributed by atoms with Gasteiger partial charge >= 0.3 is 0 Å². The summed E-state index contributed by atoms with van der Waals surface area (Å²) in [7, 11) is 0. The van der Waals surface area contributed by atoms with Crippen LogP contribution in [-0.2, 0) is 12.1 Å². The molecule has 1 heterocycles. The summed E-state index contributed by atoms with van der Waals surface area (Å²) in [6.07, 6.45) is 0.768. The molecule has 2 atom stereocenters. The maximum absolute atomic E-state index is 11.0. The number of thioether (sulfide) groups is 1. The van der Waals surface area contributed by atoms with E-state index in [0.717, 1.165) is 28.2 Å². The SMILES string of the molecule is OC12N=C(c3cccc(Cl)c3)SC1Cc1cc(Cl)ccc12. The van der Waals surface area contributed by atoms with Gasteiger partial charge in [-0.15, -0.1) is 0 Å². The van der Waals surface area contributed by atoms with E-state index < -0.39 is 5.72 Å². The largest absolute Gasteiger partial charge is 0.365 e. The Kier molecular flexibility index (Phi) is 3.09. The molecule has 2 unspecified atom stereocenters. The second-order valence-corrected chi connectivity index (χ2v) is 7.33. The highest BCUT2D eigenvalue weighted by Gasteiger charge is 2.50. The van der Waals surface area contributed by atoms with Crippen molar-refractivity contribution in [1.82, 2.24) is 0 Å². The Labute approximate surface area is 136 Å².